The van der Waals surface area contributed by atoms with Crippen LogP contribution in [0.25, 0.3) is 17.4 Å². The molecule has 0 atom stereocenters. The van der Waals surface area contributed by atoms with Gasteiger partial charge in [0.15, 0.2) is 5.17 Å². The fraction of sp³-hybridized carbons (Fsp3) is 0.0455. The molecule has 1 amide bonds. The van der Waals surface area contributed by atoms with Crippen LogP contribution in [-0.4, -0.2) is 27.5 Å². The highest BCUT2D eigenvalue weighted by atomic mass is 79.9. The van der Waals surface area contributed by atoms with Crippen molar-refractivity contribution in [3.63, 3.8) is 0 Å². The molecule has 8 heteroatoms. The van der Waals surface area contributed by atoms with Crippen LogP contribution in [0.4, 0.5) is 5.69 Å². The zero-order chi connectivity index (χ0) is 21.1. The lowest BCUT2D eigenvalue weighted by Crippen LogP contribution is -2.29. The second kappa shape index (κ2) is 9.04. The van der Waals surface area contributed by atoms with Gasteiger partial charge in [-0.15, -0.1) is 6.58 Å². The molecule has 1 fully saturated rings. The lowest BCUT2D eigenvalue weighted by atomic mass is 10.2. The number of rotatable bonds is 5. The molecule has 2 aromatic heterocycles. The first-order chi connectivity index (χ1) is 14.5. The zero-order valence-corrected chi connectivity index (χ0v) is 18.7. The van der Waals surface area contributed by atoms with E-state index in [-0.39, 0.29) is 5.91 Å². The summed E-state index contributed by atoms with van der Waals surface area (Å²) >= 11 is 10.9. The predicted molar refractivity (Wildman–Crippen MR) is 126 cm³/mol. The van der Waals surface area contributed by atoms with Gasteiger partial charge in [0.1, 0.15) is 11.5 Å². The van der Waals surface area contributed by atoms with E-state index in [4.69, 9.17) is 16.0 Å². The number of halogens is 2. The highest BCUT2D eigenvalue weighted by molar-refractivity contribution is 9.10. The number of hydrogen-bond donors (Lipinski definition) is 0. The summed E-state index contributed by atoms with van der Waals surface area (Å²) in [7, 11) is 0. The van der Waals surface area contributed by atoms with Gasteiger partial charge >= 0.3 is 0 Å². The van der Waals surface area contributed by atoms with Crippen LogP contribution in [0.3, 0.4) is 0 Å². The number of pyridine rings is 1. The van der Waals surface area contributed by atoms with Gasteiger partial charge in [0, 0.05) is 35.1 Å². The molecular weight excluding hydrogens is 486 g/mol. The molecule has 5 nitrogen and oxygen atoms in total. The van der Waals surface area contributed by atoms with E-state index in [2.05, 4.69) is 32.5 Å². The maximum absolute atomic E-state index is 12.9. The average Bonchev–Trinajstić information content (AvgIpc) is 3.31. The number of amides is 1. The van der Waals surface area contributed by atoms with Gasteiger partial charge in [-0.3, -0.25) is 14.7 Å². The van der Waals surface area contributed by atoms with Crippen LogP contribution < -0.4 is 0 Å². The summed E-state index contributed by atoms with van der Waals surface area (Å²) in [6, 6.07) is 13.2. The fourth-order valence-electron chi connectivity index (χ4n) is 2.77. The van der Waals surface area contributed by atoms with Gasteiger partial charge in [-0.2, -0.15) is 0 Å². The Morgan fingerprint density at radius 1 is 1.23 bits per heavy atom. The van der Waals surface area contributed by atoms with Crippen molar-refractivity contribution in [2.24, 2.45) is 4.99 Å². The van der Waals surface area contributed by atoms with Crippen LogP contribution >= 0.6 is 39.3 Å². The molecule has 1 saturated heterocycles. The highest BCUT2D eigenvalue weighted by Gasteiger charge is 2.33. The monoisotopic (exact) mass is 499 g/mol. The highest BCUT2D eigenvalue weighted by Crippen LogP contribution is 2.36. The molecule has 0 unspecified atom stereocenters. The number of benzene rings is 1. The second-order valence-electron chi connectivity index (χ2n) is 6.25. The molecule has 4 rings (SSSR count). The number of carbonyl (C=O) groups excluding carboxylic acids is 1. The van der Waals surface area contributed by atoms with Crippen LogP contribution in [0.5, 0.6) is 0 Å². The molecule has 0 aliphatic carbocycles. The summed E-state index contributed by atoms with van der Waals surface area (Å²) < 4.78 is 6.92. The van der Waals surface area contributed by atoms with Crippen LogP contribution in [0.15, 0.2) is 86.3 Å². The van der Waals surface area contributed by atoms with E-state index in [1.54, 1.807) is 29.3 Å². The standard InChI is InChI=1S/C22H15BrClN3O2S/c1-2-11-27-21(28)20(30-22(27)26-18-9-10-25-13-17(18)24)12-16-7-8-19(29-16)14-3-5-15(23)6-4-14/h2-10,12-13H,1,11H2/b20-12+,26-22?. The summed E-state index contributed by atoms with van der Waals surface area (Å²) in [5, 5.41) is 0.943. The van der Waals surface area contributed by atoms with Crippen LogP contribution in [0.1, 0.15) is 5.76 Å². The topological polar surface area (TPSA) is 58.7 Å². The third-order valence-electron chi connectivity index (χ3n) is 4.20. The van der Waals surface area contributed by atoms with Crippen molar-refractivity contribution in [1.82, 2.24) is 9.88 Å². The van der Waals surface area contributed by atoms with Gasteiger partial charge in [0.25, 0.3) is 5.91 Å². The molecular formula is C22H15BrClN3O2S. The number of furan rings is 1. The summed E-state index contributed by atoms with van der Waals surface area (Å²) in [5.74, 6) is 1.15. The van der Waals surface area contributed by atoms with E-state index in [9.17, 15) is 4.79 Å². The van der Waals surface area contributed by atoms with E-state index in [0.717, 1.165) is 15.8 Å². The first-order valence-corrected chi connectivity index (χ1v) is 10.9. The third-order valence-corrected chi connectivity index (χ3v) is 6.02. The number of thioether (sulfide) groups is 1. The first kappa shape index (κ1) is 20.7. The largest absolute Gasteiger partial charge is 0.457 e. The van der Waals surface area contributed by atoms with Crippen molar-refractivity contribution in [3.8, 4) is 11.3 Å². The molecule has 0 bridgehead atoms. The van der Waals surface area contributed by atoms with E-state index < -0.39 is 0 Å². The molecule has 1 aromatic carbocycles. The predicted octanol–water partition coefficient (Wildman–Crippen LogP) is 6.55. The van der Waals surface area contributed by atoms with E-state index in [1.165, 1.54) is 18.0 Å². The lowest BCUT2D eigenvalue weighted by Gasteiger charge is -2.12. The third kappa shape index (κ3) is 4.43. The molecule has 1 aliphatic heterocycles. The Morgan fingerprint density at radius 2 is 2.03 bits per heavy atom. The molecule has 30 heavy (non-hydrogen) atoms. The van der Waals surface area contributed by atoms with E-state index in [0.29, 0.717) is 33.1 Å². The molecule has 1 aliphatic rings. The zero-order valence-electron chi connectivity index (χ0n) is 15.6. The van der Waals surface area contributed by atoms with E-state index >= 15 is 0 Å². The van der Waals surface area contributed by atoms with Crippen LogP contribution in [0, 0.1) is 0 Å². The molecule has 3 heterocycles. The lowest BCUT2D eigenvalue weighted by molar-refractivity contribution is -0.121. The molecule has 0 N–H and O–H groups in total. The summed E-state index contributed by atoms with van der Waals surface area (Å²) in [6.07, 6.45) is 6.50. The minimum absolute atomic E-state index is 0.162. The van der Waals surface area contributed by atoms with Crippen molar-refractivity contribution in [1.29, 1.82) is 0 Å². The fourth-order valence-corrected chi connectivity index (χ4v) is 4.18. The minimum Gasteiger partial charge on any atom is -0.457 e. The quantitative estimate of drug-likeness (QED) is 0.294. The molecule has 0 spiro atoms. The Kier molecular flexibility index (Phi) is 6.22. The molecule has 3 aromatic rings. The number of hydrogen-bond acceptors (Lipinski definition) is 5. The van der Waals surface area contributed by atoms with E-state index in [1.807, 2.05) is 36.4 Å². The van der Waals surface area contributed by atoms with Gasteiger partial charge in [0.05, 0.1) is 15.6 Å². The second-order valence-corrected chi connectivity index (χ2v) is 8.58. The van der Waals surface area contributed by atoms with Crippen molar-refractivity contribution in [2.45, 2.75) is 0 Å². The van der Waals surface area contributed by atoms with Gasteiger partial charge in [-0.1, -0.05) is 45.7 Å². The molecule has 150 valence electrons. The Balaban J connectivity index is 1.64. The van der Waals surface area contributed by atoms with Crippen molar-refractivity contribution in [3.05, 3.63) is 87.7 Å². The SMILES string of the molecule is C=CCN1C(=O)/C(=C\c2ccc(-c3ccc(Br)cc3)o2)SC1=Nc1ccncc1Cl. The van der Waals surface area contributed by atoms with Crippen molar-refractivity contribution in [2.75, 3.05) is 6.54 Å². The maximum atomic E-state index is 12.9. The van der Waals surface area contributed by atoms with Crippen LogP contribution in [0.2, 0.25) is 5.02 Å². The number of amidine groups is 1. The number of aromatic nitrogens is 1. The maximum Gasteiger partial charge on any atom is 0.267 e. The smallest absolute Gasteiger partial charge is 0.267 e. The van der Waals surface area contributed by atoms with Gasteiger partial charge < -0.3 is 4.42 Å². The normalized spacial score (nSPS) is 16.6. The van der Waals surface area contributed by atoms with Crippen molar-refractivity contribution < 1.29 is 9.21 Å². The number of nitrogens with zero attached hydrogens (tertiary/aromatic N) is 3. The Hall–Kier alpha value is -2.61. The Labute approximate surface area is 191 Å². The van der Waals surface area contributed by atoms with Gasteiger partial charge in [-0.25, -0.2) is 4.99 Å². The van der Waals surface area contributed by atoms with Crippen LogP contribution in [-0.2, 0) is 4.79 Å². The molecule has 0 radical (unpaired) electrons. The van der Waals surface area contributed by atoms with Gasteiger partial charge in [0.2, 0.25) is 0 Å². The summed E-state index contributed by atoms with van der Waals surface area (Å²) in [6.45, 7) is 4.07. The van der Waals surface area contributed by atoms with Crippen molar-refractivity contribution >= 4 is 62.1 Å². The Morgan fingerprint density at radius 3 is 2.77 bits per heavy atom. The van der Waals surface area contributed by atoms with Gasteiger partial charge in [-0.05, 0) is 42.1 Å². The summed E-state index contributed by atoms with van der Waals surface area (Å²) in [4.78, 5) is 23.5. The number of carbonyl (C=O) groups is 1. The first-order valence-electron chi connectivity index (χ1n) is 8.91. The number of aliphatic imine (C=N–C) groups is 1. The minimum atomic E-state index is -0.162. The molecule has 0 saturated carbocycles. The Bertz CT molecular complexity index is 1170. The average molecular weight is 501 g/mol. The summed E-state index contributed by atoms with van der Waals surface area (Å²) in [5.41, 5.74) is 1.50.